The smallest absolute Gasteiger partial charge is 0.256 e. The molecule has 5 aliphatic rings. The SMILES string of the molecule is COc1ccc(C(O)C(=O)N(C)[C@H]2CC[C@@]3(C)C(=CC[C@H]4[C@@H]5CC[C@@H]6[C@H](C)N(C)C[C@@]65CC[C@@H]43)C2)cc1. The third-order valence-electron chi connectivity index (χ3n) is 12.2. The van der Waals surface area contributed by atoms with Crippen molar-refractivity contribution in [3.63, 3.8) is 0 Å². The van der Waals surface area contributed by atoms with Crippen LogP contribution in [-0.2, 0) is 4.79 Å². The molecule has 5 nitrogen and oxygen atoms in total. The fourth-order valence-corrected chi connectivity index (χ4v) is 10.1. The number of aliphatic hydroxyl groups is 1. The number of hydrogen-bond donors (Lipinski definition) is 1. The van der Waals surface area contributed by atoms with Crippen molar-refractivity contribution in [2.75, 3.05) is 27.7 Å². The predicted molar refractivity (Wildman–Crippen MR) is 146 cm³/mol. The Morgan fingerprint density at radius 2 is 1.84 bits per heavy atom. The highest BCUT2D eigenvalue weighted by Crippen LogP contribution is 2.68. The molecule has 37 heavy (non-hydrogen) atoms. The summed E-state index contributed by atoms with van der Waals surface area (Å²) in [5.41, 5.74) is 3.05. The molecule has 202 valence electrons. The quantitative estimate of drug-likeness (QED) is 0.552. The minimum atomic E-state index is -1.13. The summed E-state index contributed by atoms with van der Waals surface area (Å²) in [6.45, 7) is 6.33. The second kappa shape index (κ2) is 9.12. The first-order chi connectivity index (χ1) is 17.7. The van der Waals surface area contributed by atoms with Crippen LogP contribution in [0.25, 0.3) is 0 Å². The molecule has 1 N–H and O–H groups in total. The number of ether oxygens (including phenoxy) is 1. The van der Waals surface area contributed by atoms with Crippen LogP contribution < -0.4 is 4.74 Å². The molecule has 5 heteroatoms. The van der Waals surface area contributed by atoms with Gasteiger partial charge in [-0.2, -0.15) is 0 Å². The van der Waals surface area contributed by atoms with Crippen molar-refractivity contribution < 1.29 is 14.6 Å². The summed E-state index contributed by atoms with van der Waals surface area (Å²) in [6.07, 6.45) is 11.5. The molecule has 0 radical (unpaired) electrons. The van der Waals surface area contributed by atoms with Gasteiger partial charge in [0.1, 0.15) is 5.75 Å². The number of carbonyl (C=O) groups excluding carboxylic acids is 1. The molecule has 3 saturated carbocycles. The van der Waals surface area contributed by atoms with Crippen LogP contribution in [-0.4, -0.2) is 60.6 Å². The van der Waals surface area contributed by atoms with Gasteiger partial charge in [-0.25, -0.2) is 0 Å². The van der Waals surface area contributed by atoms with Crippen LogP contribution >= 0.6 is 0 Å². The highest BCUT2D eigenvalue weighted by Gasteiger charge is 2.64. The van der Waals surface area contributed by atoms with Gasteiger partial charge >= 0.3 is 0 Å². The number of carbonyl (C=O) groups is 1. The van der Waals surface area contributed by atoms with E-state index >= 15 is 0 Å². The van der Waals surface area contributed by atoms with Gasteiger partial charge in [0.2, 0.25) is 0 Å². The fourth-order valence-electron chi connectivity index (χ4n) is 10.1. The number of likely N-dealkylation sites (tertiary alicyclic amines) is 1. The number of methoxy groups -OCH3 is 1. The Hall–Kier alpha value is -1.85. The largest absolute Gasteiger partial charge is 0.497 e. The van der Waals surface area contributed by atoms with Crippen molar-refractivity contribution in [1.82, 2.24) is 9.80 Å². The molecule has 1 spiro atoms. The van der Waals surface area contributed by atoms with E-state index in [-0.39, 0.29) is 17.4 Å². The minimum Gasteiger partial charge on any atom is -0.497 e. The van der Waals surface area contributed by atoms with Gasteiger partial charge in [-0.15, -0.1) is 0 Å². The van der Waals surface area contributed by atoms with Crippen molar-refractivity contribution >= 4 is 5.91 Å². The number of amides is 1. The lowest BCUT2D eigenvalue weighted by atomic mass is 9.47. The molecule has 6 rings (SSSR count). The summed E-state index contributed by atoms with van der Waals surface area (Å²) in [4.78, 5) is 17.8. The maximum absolute atomic E-state index is 13.3. The van der Waals surface area contributed by atoms with Gasteiger partial charge in [-0.1, -0.05) is 30.7 Å². The van der Waals surface area contributed by atoms with Gasteiger partial charge in [0.05, 0.1) is 7.11 Å². The molecule has 1 heterocycles. The van der Waals surface area contributed by atoms with Crippen LogP contribution in [0.3, 0.4) is 0 Å². The third kappa shape index (κ3) is 3.74. The zero-order valence-corrected chi connectivity index (χ0v) is 23.5. The van der Waals surface area contributed by atoms with E-state index in [0.29, 0.717) is 11.0 Å². The van der Waals surface area contributed by atoms with E-state index in [9.17, 15) is 9.90 Å². The number of hydrogen-bond acceptors (Lipinski definition) is 4. The normalized spacial score (nSPS) is 41.6. The number of nitrogens with zero attached hydrogens (tertiary/aromatic N) is 2. The van der Waals surface area contributed by atoms with E-state index in [1.165, 1.54) is 38.6 Å². The van der Waals surface area contributed by atoms with Crippen LogP contribution in [0.15, 0.2) is 35.9 Å². The Morgan fingerprint density at radius 3 is 2.57 bits per heavy atom. The average Bonchev–Trinajstić information content (AvgIpc) is 3.40. The maximum atomic E-state index is 13.3. The van der Waals surface area contributed by atoms with Crippen LogP contribution in [0.1, 0.15) is 76.9 Å². The Labute approximate surface area is 223 Å². The maximum Gasteiger partial charge on any atom is 0.256 e. The number of likely N-dealkylation sites (N-methyl/N-ethyl adjacent to an activating group) is 1. The van der Waals surface area contributed by atoms with Gasteiger partial charge in [0.15, 0.2) is 6.10 Å². The molecule has 1 aromatic carbocycles. The van der Waals surface area contributed by atoms with Gasteiger partial charge in [-0.05, 0) is 118 Å². The number of fused-ring (bicyclic) bond motifs is 4. The summed E-state index contributed by atoms with van der Waals surface area (Å²) in [5.74, 6) is 3.93. The number of aliphatic hydroxyl groups excluding tert-OH is 1. The fraction of sp³-hybridized carbons (Fsp3) is 0.719. The summed E-state index contributed by atoms with van der Waals surface area (Å²) in [6, 6.07) is 8.06. The predicted octanol–water partition coefficient (Wildman–Crippen LogP) is 5.45. The lowest BCUT2D eigenvalue weighted by Gasteiger charge is -2.58. The molecule has 0 aromatic heterocycles. The second-order valence-electron chi connectivity index (χ2n) is 13.4. The summed E-state index contributed by atoms with van der Waals surface area (Å²) in [7, 11) is 5.86. The van der Waals surface area contributed by atoms with E-state index < -0.39 is 6.10 Å². The van der Waals surface area contributed by atoms with Crippen LogP contribution in [0.4, 0.5) is 0 Å². The molecule has 4 fully saturated rings. The third-order valence-corrected chi connectivity index (χ3v) is 12.2. The van der Waals surface area contributed by atoms with E-state index in [4.69, 9.17) is 4.74 Å². The number of rotatable bonds is 4. The van der Waals surface area contributed by atoms with Crippen LogP contribution in [0.5, 0.6) is 5.75 Å². The Bertz CT molecular complexity index is 1070. The second-order valence-corrected chi connectivity index (χ2v) is 13.4. The first kappa shape index (κ1) is 25.4. The zero-order valence-electron chi connectivity index (χ0n) is 23.5. The van der Waals surface area contributed by atoms with Crippen molar-refractivity contribution in [1.29, 1.82) is 0 Å². The van der Waals surface area contributed by atoms with Gasteiger partial charge in [0.25, 0.3) is 5.91 Å². The molecular formula is C32H46N2O3. The first-order valence-corrected chi connectivity index (χ1v) is 14.7. The standard InChI is InChI=1S/C32H46N2O3/c1-20-26-12-13-28-25-11-8-22-18-23(34(4)30(36)29(35)21-6-9-24(37-5)10-7-21)14-16-31(22,2)27(25)15-17-32(26,28)19-33(20)3/h6-10,20,23,25-29,35H,11-19H2,1-5H3/t20-,23-,25+,26+,27-,28-,29?,31-,32-/m0/s1. The summed E-state index contributed by atoms with van der Waals surface area (Å²) < 4.78 is 5.22. The van der Waals surface area contributed by atoms with E-state index in [0.717, 1.165) is 54.7 Å². The Morgan fingerprint density at radius 1 is 1.11 bits per heavy atom. The summed E-state index contributed by atoms with van der Waals surface area (Å²) in [5, 5.41) is 10.8. The molecule has 0 bridgehead atoms. The van der Waals surface area contributed by atoms with E-state index in [1.54, 1.807) is 36.9 Å². The molecular weight excluding hydrogens is 460 g/mol. The number of benzene rings is 1. The zero-order chi connectivity index (χ0) is 26.1. The van der Waals surface area contributed by atoms with Crippen LogP contribution in [0.2, 0.25) is 0 Å². The number of allylic oxidation sites excluding steroid dienone is 1. The minimum absolute atomic E-state index is 0.159. The van der Waals surface area contributed by atoms with Crippen molar-refractivity contribution in [2.45, 2.75) is 83.4 Å². The van der Waals surface area contributed by atoms with Crippen molar-refractivity contribution in [3.8, 4) is 5.75 Å². The molecule has 1 amide bonds. The van der Waals surface area contributed by atoms with Crippen molar-refractivity contribution in [3.05, 3.63) is 41.5 Å². The van der Waals surface area contributed by atoms with Gasteiger partial charge in [0, 0.05) is 25.7 Å². The van der Waals surface area contributed by atoms with Crippen molar-refractivity contribution in [2.24, 2.45) is 34.5 Å². The average molecular weight is 507 g/mol. The lowest BCUT2D eigenvalue weighted by molar-refractivity contribution is -0.142. The topological polar surface area (TPSA) is 53.0 Å². The monoisotopic (exact) mass is 506 g/mol. The molecule has 1 aliphatic heterocycles. The van der Waals surface area contributed by atoms with E-state index in [1.807, 2.05) is 11.9 Å². The summed E-state index contributed by atoms with van der Waals surface area (Å²) >= 11 is 0. The highest BCUT2D eigenvalue weighted by molar-refractivity contribution is 5.82. The Balaban J connectivity index is 1.17. The molecule has 1 unspecified atom stereocenters. The molecule has 1 saturated heterocycles. The van der Waals surface area contributed by atoms with Crippen LogP contribution in [0, 0.1) is 34.5 Å². The molecule has 4 aliphatic carbocycles. The van der Waals surface area contributed by atoms with E-state index in [2.05, 4.69) is 31.9 Å². The first-order valence-electron chi connectivity index (χ1n) is 14.7. The molecule has 1 aromatic rings. The molecule has 9 atom stereocenters. The van der Waals surface area contributed by atoms with Gasteiger partial charge < -0.3 is 19.6 Å². The Kier molecular flexibility index (Phi) is 6.27. The highest BCUT2D eigenvalue weighted by atomic mass is 16.5. The van der Waals surface area contributed by atoms with Gasteiger partial charge in [-0.3, -0.25) is 4.79 Å². The lowest BCUT2D eigenvalue weighted by Crippen LogP contribution is -2.53.